The van der Waals surface area contributed by atoms with Crippen LogP contribution in [0, 0.1) is 5.82 Å². The van der Waals surface area contributed by atoms with Crippen molar-refractivity contribution in [1.82, 2.24) is 4.57 Å². The fourth-order valence-electron chi connectivity index (χ4n) is 2.41. The zero-order chi connectivity index (χ0) is 18.7. The number of carbonyl (C=O) groups excluding carboxylic acids is 1. The Morgan fingerprint density at radius 3 is 2.62 bits per heavy atom. The number of benzene rings is 2. The average molecular weight is 391 g/mol. The van der Waals surface area contributed by atoms with E-state index in [1.54, 1.807) is 18.2 Å². The Hall–Kier alpha value is -2.63. The van der Waals surface area contributed by atoms with Crippen LogP contribution in [0.5, 0.6) is 0 Å². The van der Waals surface area contributed by atoms with E-state index >= 15 is 0 Å². The second-order valence-corrected chi connectivity index (χ2v) is 6.40. The smallest absolute Gasteiger partial charge is 0.258 e. The van der Waals surface area contributed by atoms with Crippen LogP contribution in [0.2, 0.25) is 10.0 Å². The molecular formula is C19H13Cl2FN2O2. The molecule has 1 heterocycles. The molecule has 3 rings (SSSR count). The summed E-state index contributed by atoms with van der Waals surface area (Å²) in [7, 11) is 0. The predicted molar refractivity (Wildman–Crippen MR) is 101 cm³/mol. The third-order valence-electron chi connectivity index (χ3n) is 3.71. The molecule has 0 fully saturated rings. The summed E-state index contributed by atoms with van der Waals surface area (Å²) in [5, 5.41) is 3.35. The molecule has 0 radical (unpaired) electrons. The molecule has 0 aliphatic heterocycles. The quantitative estimate of drug-likeness (QED) is 0.707. The highest BCUT2D eigenvalue weighted by Crippen LogP contribution is 2.18. The van der Waals surface area contributed by atoms with Crippen LogP contribution in [-0.4, -0.2) is 10.5 Å². The van der Waals surface area contributed by atoms with Crippen molar-refractivity contribution in [2.75, 3.05) is 5.32 Å². The number of nitrogens with one attached hydrogen (secondary N) is 1. The van der Waals surface area contributed by atoms with Crippen LogP contribution in [0.15, 0.2) is 65.6 Å². The molecule has 1 N–H and O–H groups in total. The summed E-state index contributed by atoms with van der Waals surface area (Å²) in [6.45, 7) is 0.244. The van der Waals surface area contributed by atoms with E-state index in [0.29, 0.717) is 10.7 Å². The van der Waals surface area contributed by atoms with E-state index in [1.807, 2.05) is 6.07 Å². The number of hydrogen-bond donors (Lipinski definition) is 1. The summed E-state index contributed by atoms with van der Waals surface area (Å²) in [5.41, 5.74) is 0.680. The predicted octanol–water partition coefficient (Wildman–Crippen LogP) is 4.59. The van der Waals surface area contributed by atoms with Gasteiger partial charge in [-0.25, -0.2) is 4.39 Å². The van der Waals surface area contributed by atoms with Gasteiger partial charge >= 0.3 is 0 Å². The van der Waals surface area contributed by atoms with Crippen LogP contribution in [0.4, 0.5) is 10.1 Å². The molecule has 0 unspecified atom stereocenters. The number of anilines is 1. The molecule has 1 aromatic heterocycles. The highest BCUT2D eigenvalue weighted by atomic mass is 35.5. The van der Waals surface area contributed by atoms with Crippen LogP contribution in [0.1, 0.15) is 15.9 Å². The SMILES string of the molecule is O=C(Nc1ccc(=O)n(Cc2ccccc2Cl)c1)c1cc(Cl)ccc1F. The first kappa shape index (κ1) is 18.2. The van der Waals surface area contributed by atoms with Crippen molar-refractivity contribution in [1.29, 1.82) is 0 Å². The van der Waals surface area contributed by atoms with Gasteiger partial charge < -0.3 is 9.88 Å². The third kappa shape index (κ3) is 4.12. The topological polar surface area (TPSA) is 51.1 Å². The van der Waals surface area contributed by atoms with E-state index in [-0.39, 0.29) is 22.7 Å². The van der Waals surface area contributed by atoms with Crippen molar-refractivity contribution in [3.8, 4) is 0 Å². The maximum absolute atomic E-state index is 13.8. The molecule has 2 aromatic carbocycles. The fourth-order valence-corrected chi connectivity index (χ4v) is 2.78. The van der Waals surface area contributed by atoms with E-state index < -0.39 is 11.7 Å². The molecule has 0 spiro atoms. The molecule has 0 saturated heterocycles. The van der Waals surface area contributed by atoms with Crippen molar-refractivity contribution < 1.29 is 9.18 Å². The second kappa shape index (κ2) is 7.72. The fraction of sp³-hybridized carbons (Fsp3) is 0.0526. The molecule has 132 valence electrons. The molecule has 0 saturated carbocycles. The number of rotatable bonds is 4. The summed E-state index contributed by atoms with van der Waals surface area (Å²) in [4.78, 5) is 24.3. The zero-order valence-electron chi connectivity index (χ0n) is 13.4. The van der Waals surface area contributed by atoms with Gasteiger partial charge in [0.05, 0.1) is 17.8 Å². The van der Waals surface area contributed by atoms with Crippen LogP contribution in [0.3, 0.4) is 0 Å². The normalized spacial score (nSPS) is 10.6. The molecule has 3 aromatic rings. The Bertz CT molecular complexity index is 1030. The van der Waals surface area contributed by atoms with Crippen molar-refractivity contribution in [2.45, 2.75) is 6.54 Å². The number of halogens is 3. The Morgan fingerprint density at radius 2 is 1.85 bits per heavy atom. The summed E-state index contributed by atoms with van der Waals surface area (Å²) in [5.74, 6) is -1.34. The van der Waals surface area contributed by atoms with E-state index in [2.05, 4.69) is 5.32 Å². The van der Waals surface area contributed by atoms with Gasteiger partial charge in [-0.05, 0) is 35.9 Å². The standard InChI is InChI=1S/C19H13Cl2FN2O2/c20-13-5-7-17(22)15(9-13)19(26)23-14-6-8-18(25)24(11-14)10-12-3-1-2-4-16(12)21/h1-9,11H,10H2,(H,23,26). The Labute approximate surface area is 158 Å². The highest BCUT2D eigenvalue weighted by molar-refractivity contribution is 6.31. The zero-order valence-corrected chi connectivity index (χ0v) is 14.9. The molecule has 0 bridgehead atoms. The van der Waals surface area contributed by atoms with Gasteiger partial charge in [-0.2, -0.15) is 0 Å². The minimum absolute atomic E-state index is 0.179. The van der Waals surface area contributed by atoms with Gasteiger partial charge in [0.2, 0.25) is 0 Å². The Balaban J connectivity index is 1.86. The van der Waals surface area contributed by atoms with Gasteiger partial charge in [-0.1, -0.05) is 41.4 Å². The number of amides is 1. The van der Waals surface area contributed by atoms with Gasteiger partial charge in [0.25, 0.3) is 11.5 Å². The van der Waals surface area contributed by atoms with Gasteiger partial charge in [-0.15, -0.1) is 0 Å². The maximum Gasteiger partial charge on any atom is 0.258 e. The van der Waals surface area contributed by atoms with Gasteiger partial charge in [-0.3, -0.25) is 9.59 Å². The van der Waals surface area contributed by atoms with Crippen molar-refractivity contribution in [2.24, 2.45) is 0 Å². The Kier molecular flexibility index (Phi) is 5.40. The number of nitrogens with zero attached hydrogens (tertiary/aromatic N) is 1. The van der Waals surface area contributed by atoms with E-state index in [0.717, 1.165) is 11.6 Å². The molecule has 0 aliphatic rings. The third-order valence-corrected chi connectivity index (χ3v) is 4.32. The number of carbonyl (C=O) groups is 1. The summed E-state index contributed by atoms with van der Waals surface area (Å²) >= 11 is 11.9. The van der Waals surface area contributed by atoms with Gasteiger partial charge in [0.1, 0.15) is 5.82 Å². The van der Waals surface area contributed by atoms with Gasteiger partial charge in [0.15, 0.2) is 0 Å². The molecule has 1 amide bonds. The molecule has 7 heteroatoms. The lowest BCUT2D eigenvalue weighted by Gasteiger charge is -2.11. The molecule has 26 heavy (non-hydrogen) atoms. The number of hydrogen-bond acceptors (Lipinski definition) is 2. The largest absolute Gasteiger partial charge is 0.321 e. The Morgan fingerprint density at radius 1 is 1.08 bits per heavy atom. The van der Waals surface area contributed by atoms with Crippen LogP contribution < -0.4 is 10.9 Å². The number of aromatic nitrogens is 1. The molecule has 0 aliphatic carbocycles. The average Bonchev–Trinajstić information content (AvgIpc) is 2.61. The van der Waals surface area contributed by atoms with Crippen LogP contribution in [-0.2, 0) is 6.54 Å². The number of pyridine rings is 1. The second-order valence-electron chi connectivity index (χ2n) is 5.55. The first-order valence-electron chi connectivity index (χ1n) is 7.64. The first-order chi connectivity index (χ1) is 12.4. The molecule has 4 nitrogen and oxygen atoms in total. The molecule has 0 atom stereocenters. The van der Waals surface area contributed by atoms with E-state index in [1.165, 1.54) is 35.0 Å². The minimum atomic E-state index is -0.684. The van der Waals surface area contributed by atoms with Crippen molar-refractivity contribution >= 4 is 34.8 Å². The highest BCUT2D eigenvalue weighted by Gasteiger charge is 2.13. The maximum atomic E-state index is 13.8. The van der Waals surface area contributed by atoms with E-state index in [9.17, 15) is 14.0 Å². The monoisotopic (exact) mass is 390 g/mol. The van der Waals surface area contributed by atoms with Crippen LogP contribution in [0.25, 0.3) is 0 Å². The summed E-state index contributed by atoms with van der Waals surface area (Å²) in [6, 6.07) is 13.6. The minimum Gasteiger partial charge on any atom is -0.321 e. The van der Waals surface area contributed by atoms with Crippen LogP contribution >= 0.6 is 23.2 Å². The summed E-state index contributed by atoms with van der Waals surface area (Å²) in [6.07, 6.45) is 1.48. The van der Waals surface area contributed by atoms with Crippen molar-refractivity contribution in [3.05, 3.63) is 98.1 Å². The van der Waals surface area contributed by atoms with Gasteiger partial charge in [0, 0.05) is 22.3 Å². The molecular weight excluding hydrogens is 378 g/mol. The lowest BCUT2D eigenvalue weighted by atomic mass is 10.2. The first-order valence-corrected chi connectivity index (χ1v) is 8.40. The lowest BCUT2D eigenvalue weighted by molar-refractivity contribution is 0.102. The summed E-state index contributed by atoms with van der Waals surface area (Å²) < 4.78 is 15.2. The van der Waals surface area contributed by atoms with Crippen molar-refractivity contribution in [3.63, 3.8) is 0 Å². The lowest BCUT2D eigenvalue weighted by Crippen LogP contribution is -2.21. The van der Waals surface area contributed by atoms with E-state index in [4.69, 9.17) is 23.2 Å².